The predicted octanol–water partition coefficient (Wildman–Crippen LogP) is 4.77. The summed E-state index contributed by atoms with van der Waals surface area (Å²) in [6.45, 7) is -2.77. The molecule has 0 aromatic carbocycles. The van der Waals surface area contributed by atoms with E-state index >= 15 is 0 Å². The fourth-order valence-electron chi connectivity index (χ4n) is 2.00. The molecule has 188 valence electrons. The van der Waals surface area contributed by atoms with Gasteiger partial charge in [-0.15, -0.1) is 0 Å². The highest BCUT2D eigenvalue weighted by molar-refractivity contribution is 5.08. The lowest BCUT2D eigenvalue weighted by molar-refractivity contribution is -0.426. The van der Waals surface area contributed by atoms with Gasteiger partial charge >= 0.3 is 29.9 Å². The number of ether oxygens (including phenoxy) is 4. The van der Waals surface area contributed by atoms with Crippen LogP contribution in [-0.2, 0) is 18.9 Å². The molecule has 1 fully saturated rings. The van der Waals surface area contributed by atoms with Crippen molar-refractivity contribution in [3.05, 3.63) is 0 Å². The standard InChI is InChI=1S/C13H14F12O4.CH3F/c1-26-8-28-5-6(29-8)4-27-3-2-7(14)9(15,16)10(17,18)11(19,20)12(21,22)13(23,24)25;1-2/h6-8H,2-5H2,1H3;1H3. The van der Waals surface area contributed by atoms with Crippen molar-refractivity contribution in [2.24, 2.45) is 0 Å². The minimum absolute atomic E-state index is 0.120. The molecule has 0 aromatic heterocycles. The van der Waals surface area contributed by atoms with Crippen LogP contribution in [0.2, 0.25) is 0 Å². The van der Waals surface area contributed by atoms with Gasteiger partial charge < -0.3 is 18.9 Å². The Hall–Kier alpha value is -1.07. The molecule has 17 heteroatoms. The highest BCUT2D eigenvalue weighted by Crippen LogP contribution is 2.58. The molecule has 1 aliphatic rings. The first kappa shape index (κ1) is 29.9. The van der Waals surface area contributed by atoms with Crippen molar-refractivity contribution in [1.29, 1.82) is 0 Å². The van der Waals surface area contributed by atoms with Crippen molar-refractivity contribution >= 4 is 0 Å². The number of halogens is 13. The van der Waals surface area contributed by atoms with Gasteiger partial charge in [-0.1, -0.05) is 0 Å². The number of rotatable bonds is 10. The summed E-state index contributed by atoms with van der Waals surface area (Å²) in [5, 5.41) is 0. The molecular weight excluding hydrogens is 479 g/mol. The van der Waals surface area contributed by atoms with Crippen molar-refractivity contribution in [2.45, 2.75) is 55.0 Å². The molecular formula is C14H17F13O4. The molecule has 1 heterocycles. The lowest BCUT2D eigenvalue weighted by Crippen LogP contribution is -2.68. The molecule has 0 N–H and O–H groups in total. The van der Waals surface area contributed by atoms with E-state index in [4.69, 9.17) is 9.47 Å². The molecule has 31 heavy (non-hydrogen) atoms. The molecule has 0 aromatic rings. The van der Waals surface area contributed by atoms with E-state index in [-0.39, 0.29) is 6.61 Å². The molecule has 1 saturated heterocycles. The van der Waals surface area contributed by atoms with E-state index in [1.54, 1.807) is 0 Å². The summed E-state index contributed by atoms with van der Waals surface area (Å²) >= 11 is 0. The Morgan fingerprint density at radius 3 is 1.81 bits per heavy atom. The van der Waals surface area contributed by atoms with Crippen LogP contribution in [0.1, 0.15) is 6.42 Å². The monoisotopic (exact) mass is 496 g/mol. The van der Waals surface area contributed by atoms with Crippen molar-refractivity contribution in [3.8, 4) is 0 Å². The van der Waals surface area contributed by atoms with Gasteiger partial charge in [0.25, 0.3) is 6.48 Å². The summed E-state index contributed by atoms with van der Waals surface area (Å²) in [4.78, 5) is 0. The van der Waals surface area contributed by atoms with Gasteiger partial charge in [-0.25, -0.2) is 4.39 Å². The zero-order valence-electron chi connectivity index (χ0n) is 15.6. The van der Waals surface area contributed by atoms with Gasteiger partial charge in [0.2, 0.25) is 0 Å². The fourth-order valence-corrected chi connectivity index (χ4v) is 2.00. The fraction of sp³-hybridized carbons (Fsp3) is 1.00. The Kier molecular flexibility index (Phi) is 10.3. The summed E-state index contributed by atoms with van der Waals surface area (Å²) in [5.41, 5.74) is 0. The topological polar surface area (TPSA) is 36.9 Å². The van der Waals surface area contributed by atoms with E-state index in [2.05, 4.69) is 9.47 Å². The lowest BCUT2D eigenvalue weighted by atomic mass is 9.94. The third-order valence-electron chi connectivity index (χ3n) is 3.69. The van der Waals surface area contributed by atoms with Crippen LogP contribution in [0.15, 0.2) is 0 Å². The first-order chi connectivity index (χ1) is 13.9. The van der Waals surface area contributed by atoms with Crippen LogP contribution >= 0.6 is 0 Å². The smallest absolute Gasteiger partial charge is 0.379 e. The summed E-state index contributed by atoms with van der Waals surface area (Å²) < 4.78 is 183. The molecule has 3 atom stereocenters. The molecule has 1 rings (SSSR count). The number of hydrogen-bond acceptors (Lipinski definition) is 4. The van der Waals surface area contributed by atoms with Gasteiger partial charge in [0.05, 0.1) is 20.4 Å². The number of methoxy groups -OCH3 is 1. The van der Waals surface area contributed by atoms with Crippen molar-refractivity contribution < 1.29 is 76.0 Å². The maximum absolute atomic E-state index is 13.5. The molecule has 0 radical (unpaired) electrons. The normalized spacial score (nSPS) is 22.2. The van der Waals surface area contributed by atoms with Gasteiger partial charge in [-0.2, -0.15) is 48.3 Å². The quantitative estimate of drug-likeness (QED) is 0.323. The van der Waals surface area contributed by atoms with Crippen molar-refractivity contribution in [3.63, 3.8) is 0 Å². The van der Waals surface area contributed by atoms with Crippen LogP contribution in [0, 0.1) is 0 Å². The Morgan fingerprint density at radius 2 is 1.39 bits per heavy atom. The largest absolute Gasteiger partial charge is 0.460 e. The Morgan fingerprint density at radius 1 is 0.871 bits per heavy atom. The predicted molar refractivity (Wildman–Crippen MR) is 74.8 cm³/mol. The molecule has 0 aliphatic carbocycles. The van der Waals surface area contributed by atoms with Gasteiger partial charge in [0, 0.05) is 20.1 Å². The molecule has 0 bridgehead atoms. The first-order valence-electron chi connectivity index (χ1n) is 7.91. The molecule has 4 nitrogen and oxygen atoms in total. The first-order valence-corrected chi connectivity index (χ1v) is 7.91. The Bertz CT molecular complexity index is 541. The minimum atomic E-state index is -7.64. The zero-order chi connectivity index (χ0) is 24.9. The average molecular weight is 496 g/mol. The van der Waals surface area contributed by atoms with E-state index in [1.165, 1.54) is 7.11 Å². The lowest BCUT2D eigenvalue weighted by Gasteiger charge is -2.38. The van der Waals surface area contributed by atoms with Crippen LogP contribution < -0.4 is 0 Å². The van der Waals surface area contributed by atoms with Crippen LogP contribution in [0.5, 0.6) is 0 Å². The van der Waals surface area contributed by atoms with E-state index in [1.807, 2.05) is 0 Å². The second-order valence-electron chi connectivity index (χ2n) is 5.79. The summed E-state index contributed by atoms with van der Waals surface area (Å²) in [6, 6.07) is 0. The second kappa shape index (κ2) is 10.7. The van der Waals surface area contributed by atoms with E-state index in [9.17, 15) is 57.1 Å². The van der Waals surface area contributed by atoms with Crippen LogP contribution in [0.3, 0.4) is 0 Å². The van der Waals surface area contributed by atoms with Gasteiger partial charge in [-0.3, -0.25) is 4.39 Å². The van der Waals surface area contributed by atoms with Gasteiger partial charge in [-0.05, 0) is 0 Å². The SMILES string of the molecule is CF.COC1OCC(COCCC(F)C(F)(F)C(F)(F)C(F)(F)C(F)(F)C(F)(F)F)O1. The average Bonchev–Trinajstić information content (AvgIpc) is 3.13. The Labute approximate surface area is 166 Å². The van der Waals surface area contributed by atoms with Crippen LogP contribution in [-0.4, -0.2) is 82.7 Å². The van der Waals surface area contributed by atoms with E-state index in [0.29, 0.717) is 7.18 Å². The van der Waals surface area contributed by atoms with E-state index < -0.39 is 68.3 Å². The van der Waals surface area contributed by atoms with Crippen molar-refractivity contribution in [1.82, 2.24) is 0 Å². The number of alkyl halides is 13. The summed E-state index contributed by atoms with van der Waals surface area (Å²) in [7, 11) is 1.70. The van der Waals surface area contributed by atoms with E-state index in [0.717, 1.165) is 0 Å². The molecule has 0 amide bonds. The number of hydrogen-bond donors (Lipinski definition) is 0. The molecule has 1 aliphatic heterocycles. The summed E-state index contributed by atoms with van der Waals surface area (Å²) in [6.07, 6.45) is -14.1. The maximum atomic E-state index is 13.5. The third-order valence-corrected chi connectivity index (χ3v) is 3.69. The highest BCUT2D eigenvalue weighted by atomic mass is 19.4. The van der Waals surface area contributed by atoms with Crippen LogP contribution in [0.25, 0.3) is 0 Å². The highest BCUT2D eigenvalue weighted by Gasteiger charge is 2.88. The minimum Gasteiger partial charge on any atom is -0.379 e. The molecule has 3 unspecified atom stereocenters. The molecule has 0 saturated carbocycles. The van der Waals surface area contributed by atoms with Gasteiger partial charge in [0.15, 0.2) is 6.17 Å². The van der Waals surface area contributed by atoms with Crippen LogP contribution in [0.4, 0.5) is 57.1 Å². The second-order valence-corrected chi connectivity index (χ2v) is 5.79. The maximum Gasteiger partial charge on any atom is 0.460 e. The third kappa shape index (κ3) is 6.04. The summed E-state index contributed by atoms with van der Waals surface area (Å²) in [5.74, 6) is -29.2. The Balaban J connectivity index is 0.00000436. The molecule has 0 spiro atoms. The van der Waals surface area contributed by atoms with Gasteiger partial charge in [0.1, 0.15) is 6.10 Å². The van der Waals surface area contributed by atoms with Crippen molar-refractivity contribution in [2.75, 3.05) is 34.1 Å². The zero-order valence-corrected chi connectivity index (χ0v) is 15.6.